The van der Waals surface area contributed by atoms with E-state index in [0.717, 1.165) is 31.4 Å². The van der Waals surface area contributed by atoms with Gasteiger partial charge in [-0.3, -0.25) is 4.79 Å². The molecule has 242 valence electrons. The molecular formula is C34H35FN8O3S. The standard InChI is InChI=1S/C34H35FN8O3S/c1-21-26-6-4-3-5-23(26)11-14-41(21)34(44)30-16-32(31-18-36-42(38-31)19-22-7-8-22)43-33(37-30)17-29(39-43)27-10-9-24(15-28(27)35)40-13-12-25(20-40)47(2,45)46/h3-6,9-10,15-18,21-22,25H,7-8,11-14,19-20H2,1-2H3/t21-,25+/m1/s1. The van der Waals surface area contributed by atoms with Gasteiger partial charge in [-0.25, -0.2) is 22.3 Å². The number of hydrogen-bond donors (Lipinski definition) is 0. The maximum Gasteiger partial charge on any atom is 0.273 e. The molecule has 5 heterocycles. The lowest BCUT2D eigenvalue weighted by molar-refractivity contribution is 0.0672. The van der Waals surface area contributed by atoms with Gasteiger partial charge < -0.3 is 9.80 Å². The second-order valence-corrected chi connectivity index (χ2v) is 15.4. The molecule has 47 heavy (non-hydrogen) atoms. The SMILES string of the molecule is C[C@@H]1c2ccccc2CCN1C(=O)c1cc(-c2cnn(CC3CC3)n2)n2nc(-c3ccc(N4CC[C@H](S(C)(=O)=O)C4)cc3F)cc2n1. The van der Waals surface area contributed by atoms with Gasteiger partial charge in [0.05, 0.1) is 35.4 Å². The van der Waals surface area contributed by atoms with Crippen LogP contribution in [0, 0.1) is 11.7 Å². The first-order chi connectivity index (χ1) is 22.6. The van der Waals surface area contributed by atoms with Crippen LogP contribution in [0.25, 0.3) is 28.3 Å². The van der Waals surface area contributed by atoms with Crippen molar-refractivity contribution in [2.45, 2.75) is 50.4 Å². The van der Waals surface area contributed by atoms with Gasteiger partial charge in [-0.1, -0.05) is 24.3 Å². The van der Waals surface area contributed by atoms with Crippen molar-refractivity contribution in [2.75, 3.05) is 30.8 Å². The summed E-state index contributed by atoms with van der Waals surface area (Å²) in [6.45, 7) is 4.21. The van der Waals surface area contributed by atoms with Crippen molar-refractivity contribution in [3.05, 3.63) is 83.4 Å². The Morgan fingerprint density at radius 2 is 1.83 bits per heavy atom. The van der Waals surface area contributed by atoms with Gasteiger partial charge in [-0.05, 0) is 73.9 Å². The number of halogens is 1. The second kappa shape index (κ2) is 11.3. The Kier molecular flexibility index (Phi) is 7.12. The lowest BCUT2D eigenvalue weighted by Crippen LogP contribution is -2.39. The fourth-order valence-electron chi connectivity index (χ4n) is 6.85. The molecule has 2 fully saturated rings. The zero-order valence-corrected chi connectivity index (χ0v) is 27.1. The smallest absolute Gasteiger partial charge is 0.273 e. The van der Waals surface area contributed by atoms with E-state index in [1.54, 1.807) is 39.8 Å². The highest BCUT2D eigenvalue weighted by atomic mass is 32.2. The maximum absolute atomic E-state index is 15.7. The lowest BCUT2D eigenvalue weighted by atomic mass is 9.93. The average molecular weight is 655 g/mol. The summed E-state index contributed by atoms with van der Waals surface area (Å²) < 4.78 is 41.4. The van der Waals surface area contributed by atoms with E-state index in [1.807, 2.05) is 28.9 Å². The molecule has 0 bridgehead atoms. The minimum Gasteiger partial charge on any atom is -0.370 e. The molecule has 2 aliphatic heterocycles. The molecule has 0 N–H and O–H groups in total. The fourth-order valence-corrected chi connectivity index (χ4v) is 7.83. The summed E-state index contributed by atoms with van der Waals surface area (Å²) in [7, 11) is -3.17. The highest BCUT2D eigenvalue weighted by molar-refractivity contribution is 7.91. The van der Waals surface area contributed by atoms with E-state index in [2.05, 4.69) is 17.2 Å². The van der Waals surface area contributed by atoms with E-state index in [-0.39, 0.29) is 23.2 Å². The fraction of sp³-hybridized carbons (Fsp3) is 0.382. The number of anilines is 1. The predicted molar refractivity (Wildman–Crippen MR) is 175 cm³/mol. The van der Waals surface area contributed by atoms with Gasteiger partial charge in [0, 0.05) is 43.2 Å². The number of hydrogen-bond acceptors (Lipinski definition) is 8. The predicted octanol–water partition coefficient (Wildman–Crippen LogP) is 4.59. The Hall–Kier alpha value is -4.65. The number of fused-ring (bicyclic) bond motifs is 2. The first-order valence-electron chi connectivity index (χ1n) is 16.1. The summed E-state index contributed by atoms with van der Waals surface area (Å²) in [5.74, 6) is -0.103. The Morgan fingerprint density at radius 3 is 2.60 bits per heavy atom. The third kappa shape index (κ3) is 5.56. The van der Waals surface area contributed by atoms with Crippen molar-refractivity contribution in [1.82, 2.24) is 34.5 Å². The quantitative estimate of drug-likeness (QED) is 0.250. The summed E-state index contributed by atoms with van der Waals surface area (Å²) >= 11 is 0. The van der Waals surface area contributed by atoms with Gasteiger partial charge >= 0.3 is 0 Å². The van der Waals surface area contributed by atoms with Crippen LogP contribution in [0.2, 0.25) is 0 Å². The van der Waals surface area contributed by atoms with E-state index in [9.17, 15) is 13.2 Å². The zero-order valence-electron chi connectivity index (χ0n) is 26.3. The number of rotatable bonds is 7. The van der Waals surface area contributed by atoms with Gasteiger partial charge in [0.1, 0.15) is 17.2 Å². The maximum atomic E-state index is 15.7. The van der Waals surface area contributed by atoms with Crippen molar-refractivity contribution >= 4 is 27.1 Å². The van der Waals surface area contributed by atoms with Crippen LogP contribution >= 0.6 is 0 Å². The van der Waals surface area contributed by atoms with Crippen LogP contribution in [0.4, 0.5) is 10.1 Å². The molecule has 1 aliphatic carbocycles. The van der Waals surface area contributed by atoms with Crippen LogP contribution in [-0.2, 0) is 22.8 Å². The summed E-state index contributed by atoms with van der Waals surface area (Å²) in [5.41, 5.74) is 5.36. The number of sulfone groups is 1. The van der Waals surface area contributed by atoms with Crippen LogP contribution in [0.3, 0.4) is 0 Å². The number of nitrogens with zero attached hydrogens (tertiary/aromatic N) is 8. The average Bonchev–Trinajstić information content (AvgIpc) is 3.41. The Morgan fingerprint density at radius 1 is 1.00 bits per heavy atom. The van der Waals surface area contributed by atoms with Crippen LogP contribution in [0.5, 0.6) is 0 Å². The molecule has 3 aromatic heterocycles. The van der Waals surface area contributed by atoms with E-state index >= 15 is 4.39 Å². The second-order valence-electron chi connectivity index (χ2n) is 13.0. The number of carbonyl (C=O) groups excluding carboxylic acids is 1. The van der Waals surface area contributed by atoms with Gasteiger partial charge in [0.25, 0.3) is 5.91 Å². The van der Waals surface area contributed by atoms with Gasteiger partial charge in [0.15, 0.2) is 15.5 Å². The van der Waals surface area contributed by atoms with Crippen molar-refractivity contribution in [3.63, 3.8) is 0 Å². The normalized spacial score (nSPS) is 19.8. The summed E-state index contributed by atoms with van der Waals surface area (Å²) in [6, 6.07) is 16.3. The van der Waals surface area contributed by atoms with Gasteiger partial charge in [-0.15, -0.1) is 0 Å². The molecule has 11 nitrogen and oxygen atoms in total. The van der Waals surface area contributed by atoms with Crippen molar-refractivity contribution < 1.29 is 17.6 Å². The van der Waals surface area contributed by atoms with Gasteiger partial charge in [-0.2, -0.15) is 20.1 Å². The van der Waals surface area contributed by atoms with E-state index in [0.29, 0.717) is 60.4 Å². The van der Waals surface area contributed by atoms with Crippen molar-refractivity contribution in [3.8, 4) is 22.6 Å². The molecule has 0 unspecified atom stereocenters. The molecule has 0 radical (unpaired) electrons. The molecule has 0 spiro atoms. The topological polar surface area (TPSA) is 119 Å². The molecule has 1 saturated carbocycles. The lowest BCUT2D eigenvalue weighted by Gasteiger charge is -2.35. The van der Waals surface area contributed by atoms with Crippen LogP contribution < -0.4 is 4.90 Å². The largest absolute Gasteiger partial charge is 0.370 e. The first-order valence-corrected chi connectivity index (χ1v) is 18.0. The van der Waals surface area contributed by atoms with Gasteiger partial charge in [0.2, 0.25) is 0 Å². The molecule has 13 heteroatoms. The number of aromatic nitrogens is 6. The summed E-state index contributed by atoms with van der Waals surface area (Å²) in [6.07, 6.45) is 6.51. The highest BCUT2D eigenvalue weighted by Crippen LogP contribution is 2.34. The van der Waals surface area contributed by atoms with E-state index in [1.165, 1.54) is 17.9 Å². The number of carbonyl (C=O) groups is 1. The molecule has 2 atom stereocenters. The number of benzene rings is 2. The molecule has 5 aromatic rings. The minimum atomic E-state index is -3.17. The Balaban J connectivity index is 1.16. The monoisotopic (exact) mass is 654 g/mol. The van der Waals surface area contributed by atoms with E-state index < -0.39 is 20.9 Å². The summed E-state index contributed by atoms with van der Waals surface area (Å²) in [5, 5.41) is 13.5. The van der Waals surface area contributed by atoms with Crippen molar-refractivity contribution in [2.24, 2.45) is 5.92 Å². The van der Waals surface area contributed by atoms with Crippen LogP contribution in [0.1, 0.15) is 53.8 Å². The highest BCUT2D eigenvalue weighted by Gasteiger charge is 2.32. The Bertz CT molecular complexity index is 2140. The molecule has 1 saturated heterocycles. The molecule has 2 aromatic carbocycles. The first kappa shape index (κ1) is 29.7. The van der Waals surface area contributed by atoms with E-state index in [4.69, 9.17) is 15.2 Å². The summed E-state index contributed by atoms with van der Waals surface area (Å²) in [4.78, 5) is 24.2. The van der Waals surface area contributed by atoms with Crippen molar-refractivity contribution in [1.29, 1.82) is 0 Å². The minimum absolute atomic E-state index is 0.121. The Labute approximate surface area is 271 Å². The molecule has 3 aliphatic rings. The number of amides is 1. The van der Waals surface area contributed by atoms with Crippen LogP contribution in [-0.4, -0.2) is 80.0 Å². The molecule has 8 rings (SSSR count). The third-order valence-corrected chi connectivity index (χ3v) is 11.4. The van der Waals surface area contributed by atoms with Crippen LogP contribution in [0.15, 0.2) is 60.8 Å². The molecular weight excluding hydrogens is 619 g/mol. The zero-order chi connectivity index (χ0) is 32.4. The third-order valence-electron chi connectivity index (χ3n) is 9.76. The molecule has 1 amide bonds.